The highest BCUT2D eigenvalue weighted by atomic mass is 32.2. The zero-order valence-electron chi connectivity index (χ0n) is 14.5. The maximum Gasteiger partial charge on any atom is 0.231 e. The van der Waals surface area contributed by atoms with E-state index in [1.165, 1.54) is 11.8 Å². The van der Waals surface area contributed by atoms with E-state index in [9.17, 15) is 10.1 Å². The second kappa shape index (κ2) is 7.28. The molecule has 1 saturated carbocycles. The number of para-hydroxylation sites is 1. The van der Waals surface area contributed by atoms with Crippen molar-refractivity contribution in [3.05, 3.63) is 35.7 Å². The Morgan fingerprint density at radius 1 is 1.32 bits per heavy atom. The third-order valence-electron chi connectivity index (χ3n) is 4.53. The van der Waals surface area contributed by atoms with Crippen molar-refractivity contribution in [2.75, 3.05) is 5.75 Å². The molecule has 0 atom stereocenters. The van der Waals surface area contributed by atoms with Crippen LogP contribution in [0.15, 0.2) is 29.4 Å². The lowest BCUT2D eigenvalue weighted by Crippen LogP contribution is -2.45. The number of benzene rings is 1. The lowest BCUT2D eigenvalue weighted by Gasteiger charge is -2.21. The minimum Gasteiger partial charge on any atom is -0.337 e. The number of hydrogen-bond donors (Lipinski definition) is 1. The Morgan fingerprint density at radius 3 is 2.72 bits per heavy atom. The second-order valence-corrected chi connectivity index (χ2v) is 7.33. The molecule has 7 heteroatoms. The topological polar surface area (TPSA) is 83.6 Å². The second-order valence-electron chi connectivity index (χ2n) is 6.39. The lowest BCUT2D eigenvalue weighted by molar-refractivity contribution is -0.119. The van der Waals surface area contributed by atoms with Crippen LogP contribution < -0.4 is 5.32 Å². The Hall–Kier alpha value is -2.33. The molecule has 0 saturated heterocycles. The summed E-state index contributed by atoms with van der Waals surface area (Å²) in [6.07, 6.45) is 3.44. The van der Waals surface area contributed by atoms with Gasteiger partial charge in [-0.3, -0.25) is 9.36 Å². The van der Waals surface area contributed by atoms with E-state index in [-0.39, 0.29) is 11.7 Å². The molecule has 1 heterocycles. The van der Waals surface area contributed by atoms with E-state index >= 15 is 0 Å². The molecule has 1 aliphatic rings. The zero-order chi connectivity index (χ0) is 17.9. The highest BCUT2D eigenvalue weighted by Gasteiger charge is 2.35. The zero-order valence-corrected chi connectivity index (χ0v) is 15.3. The van der Waals surface area contributed by atoms with Crippen LogP contribution in [0, 0.1) is 25.2 Å². The van der Waals surface area contributed by atoms with Crippen LogP contribution in [0.25, 0.3) is 5.69 Å². The van der Waals surface area contributed by atoms with Crippen LogP contribution >= 0.6 is 11.8 Å². The van der Waals surface area contributed by atoms with Crippen LogP contribution in [0.5, 0.6) is 0 Å². The maximum atomic E-state index is 12.3. The van der Waals surface area contributed by atoms with Gasteiger partial charge in [-0.1, -0.05) is 30.0 Å². The molecule has 1 fully saturated rings. The van der Waals surface area contributed by atoms with E-state index in [2.05, 4.69) is 21.6 Å². The monoisotopic (exact) mass is 355 g/mol. The molecule has 0 radical (unpaired) electrons. The number of aromatic nitrogens is 3. The van der Waals surface area contributed by atoms with Gasteiger partial charge in [0.2, 0.25) is 5.91 Å². The molecule has 1 N–H and O–H groups in total. The van der Waals surface area contributed by atoms with Crippen LogP contribution in [-0.4, -0.2) is 32.0 Å². The molecule has 0 bridgehead atoms. The number of aryl methyl sites for hydroxylation is 2. The van der Waals surface area contributed by atoms with E-state index in [1.54, 1.807) is 0 Å². The number of nitrogens with zero attached hydrogens (tertiary/aromatic N) is 4. The van der Waals surface area contributed by atoms with Crippen molar-refractivity contribution in [2.24, 2.45) is 0 Å². The molecule has 6 nitrogen and oxygen atoms in total. The first-order chi connectivity index (χ1) is 12.0. The summed E-state index contributed by atoms with van der Waals surface area (Å²) in [5.74, 6) is 0.861. The van der Waals surface area contributed by atoms with Gasteiger partial charge in [-0.15, -0.1) is 10.2 Å². The van der Waals surface area contributed by atoms with Gasteiger partial charge in [-0.05, 0) is 51.2 Å². The van der Waals surface area contributed by atoms with E-state index in [1.807, 2.05) is 42.7 Å². The van der Waals surface area contributed by atoms with E-state index in [4.69, 9.17) is 0 Å². The van der Waals surface area contributed by atoms with Crippen LogP contribution in [-0.2, 0) is 4.79 Å². The molecule has 1 aliphatic carbocycles. The van der Waals surface area contributed by atoms with Gasteiger partial charge in [-0.2, -0.15) is 5.26 Å². The number of rotatable bonds is 5. The molecule has 1 aromatic heterocycles. The fourth-order valence-electron chi connectivity index (χ4n) is 3.20. The highest BCUT2D eigenvalue weighted by molar-refractivity contribution is 7.99. The van der Waals surface area contributed by atoms with Crippen LogP contribution in [0.2, 0.25) is 0 Å². The predicted octanol–water partition coefficient (Wildman–Crippen LogP) is 2.93. The third-order valence-corrected chi connectivity index (χ3v) is 5.46. The van der Waals surface area contributed by atoms with Gasteiger partial charge in [0, 0.05) is 0 Å². The first-order valence-corrected chi connectivity index (χ1v) is 9.36. The van der Waals surface area contributed by atoms with Crippen LogP contribution in [0.4, 0.5) is 0 Å². The van der Waals surface area contributed by atoms with Crippen molar-refractivity contribution >= 4 is 17.7 Å². The number of thioether (sulfide) groups is 1. The van der Waals surface area contributed by atoms with E-state index < -0.39 is 5.54 Å². The summed E-state index contributed by atoms with van der Waals surface area (Å²) < 4.78 is 1.96. The van der Waals surface area contributed by atoms with Crippen molar-refractivity contribution in [3.8, 4) is 11.8 Å². The number of nitrogens with one attached hydrogen (secondary N) is 1. The summed E-state index contributed by atoms with van der Waals surface area (Å²) in [4.78, 5) is 12.3. The average molecular weight is 355 g/mol. The first kappa shape index (κ1) is 17.5. The fraction of sp³-hybridized carbons (Fsp3) is 0.444. The molecule has 25 heavy (non-hydrogen) atoms. The average Bonchev–Trinajstić information content (AvgIpc) is 3.21. The van der Waals surface area contributed by atoms with Gasteiger partial charge in [0.15, 0.2) is 5.16 Å². The molecule has 130 valence electrons. The Morgan fingerprint density at radius 2 is 2.04 bits per heavy atom. The normalized spacial score (nSPS) is 15.7. The van der Waals surface area contributed by atoms with Crippen molar-refractivity contribution < 1.29 is 4.79 Å². The van der Waals surface area contributed by atoms with Crippen LogP contribution in [0.1, 0.15) is 37.1 Å². The summed E-state index contributed by atoms with van der Waals surface area (Å²) in [6.45, 7) is 3.93. The smallest absolute Gasteiger partial charge is 0.231 e. The van der Waals surface area contributed by atoms with Gasteiger partial charge in [0.05, 0.1) is 17.5 Å². The Balaban J connectivity index is 1.72. The molecule has 1 amide bonds. The minimum absolute atomic E-state index is 0.134. The fourth-order valence-corrected chi connectivity index (χ4v) is 3.99. The van der Waals surface area contributed by atoms with Gasteiger partial charge in [0.25, 0.3) is 0 Å². The number of carbonyl (C=O) groups is 1. The third kappa shape index (κ3) is 3.69. The Labute approximate surface area is 151 Å². The van der Waals surface area contributed by atoms with Crippen molar-refractivity contribution in [1.82, 2.24) is 20.1 Å². The van der Waals surface area contributed by atoms with Crippen LogP contribution in [0.3, 0.4) is 0 Å². The molecular formula is C18H21N5OS. The molecule has 1 aromatic carbocycles. The maximum absolute atomic E-state index is 12.3. The van der Waals surface area contributed by atoms with Crippen molar-refractivity contribution in [2.45, 2.75) is 50.2 Å². The highest BCUT2D eigenvalue weighted by Crippen LogP contribution is 2.29. The Bertz CT molecular complexity index is 817. The standard InChI is InChI=1S/C18H21N5OS/c1-13-7-3-4-8-15(13)23-14(2)21-22-17(23)25-11-16(24)20-18(12-19)9-5-6-10-18/h3-4,7-8H,5-6,9-11H2,1-2H3,(H,20,24). The summed E-state index contributed by atoms with van der Waals surface area (Å²) in [7, 11) is 0. The number of carbonyl (C=O) groups excluding carboxylic acids is 1. The SMILES string of the molecule is Cc1ccccc1-n1c(C)nnc1SCC(=O)NC1(C#N)CCCC1. The summed E-state index contributed by atoms with van der Waals surface area (Å²) >= 11 is 1.34. The summed E-state index contributed by atoms with van der Waals surface area (Å²) in [6, 6.07) is 10.3. The predicted molar refractivity (Wildman–Crippen MR) is 96.5 cm³/mol. The largest absolute Gasteiger partial charge is 0.337 e. The van der Waals surface area contributed by atoms with E-state index in [0.717, 1.165) is 42.8 Å². The molecular weight excluding hydrogens is 334 g/mol. The molecule has 2 aromatic rings. The number of hydrogen-bond acceptors (Lipinski definition) is 5. The molecule has 0 aliphatic heterocycles. The lowest BCUT2D eigenvalue weighted by atomic mass is 10.0. The van der Waals surface area contributed by atoms with Crippen molar-refractivity contribution in [3.63, 3.8) is 0 Å². The minimum atomic E-state index is -0.683. The van der Waals surface area contributed by atoms with E-state index in [0.29, 0.717) is 5.16 Å². The van der Waals surface area contributed by atoms with Gasteiger partial charge in [0.1, 0.15) is 11.4 Å². The van der Waals surface area contributed by atoms with Gasteiger partial charge < -0.3 is 5.32 Å². The quantitative estimate of drug-likeness (QED) is 0.834. The number of amides is 1. The van der Waals surface area contributed by atoms with Gasteiger partial charge >= 0.3 is 0 Å². The summed E-state index contributed by atoms with van der Waals surface area (Å²) in [5.41, 5.74) is 1.44. The molecule has 3 rings (SSSR count). The summed E-state index contributed by atoms with van der Waals surface area (Å²) in [5, 5.41) is 21.3. The first-order valence-electron chi connectivity index (χ1n) is 8.38. The molecule has 0 unspecified atom stereocenters. The van der Waals surface area contributed by atoms with Gasteiger partial charge in [-0.25, -0.2) is 0 Å². The Kier molecular flexibility index (Phi) is 5.09. The number of nitriles is 1. The molecule has 0 spiro atoms. The van der Waals surface area contributed by atoms with Crippen molar-refractivity contribution in [1.29, 1.82) is 5.26 Å².